The van der Waals surface area contributed by atoms with E-state index in [2.05, 4.69) is 29.2 Å². The van der Waals surface area contributed by atoms with Gasteiger partial charge in [-0.25, -0.2) is 14.2 Å². The van der Waals surface area contributed by atoms with E-state index >= 15 is 0 Å². The summed E-state index contributed by atoms with van der Waals surface area (Å²) in [5.74, 6) is -0.655. The van der Waals surface area contributed by atoms with Crippen LogP contribution >= 0.6 is 0 Å². The number of ether oxygens (including phenoxy) is 2. The van der Waals surface area contributed by atoms with E-state index in [0.29, 0.717) is 25.2 Å². The summed E-state index contributed by atoms with van der Waals surface area (Å²) in [5.41, 5.74) is 5.98. The molecule has 2 atom stereocenters. The number of hydrogen-bond acceptors (Lipinski definition) is 5. The van der Waals surface area contributed by atoms with Crippen LogP contribution in [-0.2, 0) is 9.47 Å². The van der Waals surface area contributed by atoms with E-state index in [-0.39, 0.29) is 36.4 Å². The lowest BCUT2D eigenvalue weighted by molar-refractivity contribution is -0.0331. The van der Waals surface area contributed by atoms with Crippen molar-refractivity contribution in [3.05, 3.63) is 95.1 Å². The molecule has 3 aromatic rings. The summed E-state index contributed by atoms with van der Waals surface area (Å²) in [6.45, 7) is 0.978. The van der Waals surface area contributed by atoms with Gasteiger partial charge in [0.2, 0.25) is 0 Å². The van der Waals surface area contributed by atoms with Crippen molar-refractivity contribution in [3.8, 4) is 17.2 Å². The molecular weight excluding hydrogens is 445 g/mol. The maximum atomic E-state index is 14.1. The number of fused-ring (bicyclic) bond motifs is 5. The first-order valence-corrected chi connectivity index (χ1v) is 11.6. The summed E-state index contributed by atoms with van der Waals surface area (Å²) in [4.78, 5) is 18.9. The zero-order valence-electron chi connectivity index (χ0n) is 18.9. The van der Waals surface area contributed by atoms with Gasteiger partial charge in [-0.05, 0) is 45.9 Å². The highest BCUT2D eigenvalue weighted by atomic mass is 19.1. The van der Waals surface area contributed by atoms with Gasteiger partial charge >= 0.3 is 6.09 Å². The molecule has 35 heavy (non-hydrogen) atoms. The number of rotatable bonds is 3. The monoisotopic (exact) mass is 467 g/mol. The Morgan fingerprint density at radius 2 is 1.86 bits per heavy atom. The highest BCUT2D eigenvalue weighted by Crippen LogP contribution is 2.44. The number of nitriles is 1. The molecule has 6 rings (SSSR count). The van der Waals surface area contributed by atoms with Gasteiger partial charge in [-0.1, -0.05) is 54.6 Å². The van der Waals surface area contributed by atoms with Crippen molar-refractivity contribution in [2.75, 3.05) is 19.8 Å². The van der Waals surface area contributed by atoms with Crippen molar-refractivity contribution < 1.29 is 18.7 Å². The molecule has 0 radical (unpaired) electrons. The Kier molecular flexibility index (Phi) is 5.31. The SMILES string of the molecule is N#Cc1ncc(C2=CC3COCC(C2)N3C(=O)OCC2c3ccccc3-c3ccccc32)cc1F. The molecule has 3 heterocycles. The zero-order chi connectivity index (χ0) is 23.9. The number of morpholine rings is 1. The van der Waals surface area contributed by atoms with E-state index in [1.54, 1.807) is 11.0 Å². The fourth-order valence-electron chi connectivity index (χ4n) is 5.46. The van der Waals surface area contributed by atoms with E-state index in [1.165, 1.54) is 34.5 Å². The third kappa shape index (κ3) is 3.67. The van der Waals surface area contributed by atoms with Gasteiger partial charge in [-0.2, -0.15) is 5.26 Å². The van der Waals surface area contributed by atoms with Gasteiger partial charge < -0.3 is 9.47 Å². The fraction of sp³-hybridized carbons (Fsp3) is 0.250. The van der Waals surface area contributed by atoms with Crippen LogP contribution < -0.4 is 0 Å². The maximum Gasteiger partial charge on any atom is 0.410 e. The first kappa shape index (κ1) is 21.5. The molecule has 1 fully saturated rings. The highest BCUT2D eigenvalue weighted by Gasteiger charge is 2.40. The van der Waals surface area contributed by atoms with Crippen molar-refractivity contribution in [2.45, 2.75) is 24.4 Å². The first-order chi connectivity index (χ1) is 17.1. The third-order valence-corrected chi connectivity index (χ3v) is 7.06. The normalized spacial score (nSPS) is 20.5. The largest absolute Gasteiger partial charge is 0.448 e. The Hall–Kier alpha value is -4.02. The lowest BCUT2D eigenvalue weighted by atomic mass is 9.90. The molecule has 3 aliphatic rings. The van der Waals surface area contributed by atoms with Crippen molar-refractivity contribution in [1.82, 2.24) is 9.88 Å². The average molecular weight is 468 g/mol. The number of carbonyl (C=O) groups excluding carboxylic acids is 1. The summed E-state index contributed by atoms with van der Waals surface area (Å²) < 4.78 is 25.7. The lowest BCUT2D eigenvalue weighted by Gasteiger charge is -2.43. The lowest BCUT2D eigenvalue weighted by Crippen LogP contribution is -2.56. The van der Waals surface area contributed by atoms with Gasteiger partial charge in [0.25, 0.3) is 0 Å². The van der Waals surface area contributed by atoms with Crippen molar-refractivity contribution in [2.24, 2.45) is 0 Å². The molecule has 1 aliphatic carbocycles. The Morgan fingerprint density at radius 1 is 1.14 bits per heavy atom. The van der Waals surface area contributed by atoms with Gasteiger partial charge in [0.1, 0.15) is 12.7 Å². The van der Waals surface area contributed by atoms with Crippen molar-refractivity contribution >= 4 is 11.7 Å². The second-order valence-electron chi connectivity index (χ2n) is 9.03. The Morgan fingerprint density at radius 3 is 2.51 bits per heavy atom. The average Bonchev–Trinajstić information content (AvgIpc) is 3.20. The number of nitrogens with zero attached hydrogens (tertiary/aromatic N) is 3. The molecule has 2 aliphatic heterocycles. The topological polar surface area (TPSA) is 75.5 Å². The predicted molar refractivity (Wildman–Crippen MR) is 127 cm³/mol. The molecule has 1 saturated heterocycles. The summed E-state index contributed by atoms with van der Waals surface area (Å²) in [6, 6.07) is 19.0. The van der Waals surface area contributed by atoms with Gasteiger partial charge in [0.15, 0.2) is 11.5 Å². The molecular formula is C28H22FN3O3. The number of pyridine rings is 1. The predicted octanol–water partition coefficient (Wildman–Crippen LogP) is 4.90. The zero-order valence-corrected chi connectivity index (χ0v) is 18.9. The van der Waals surface area contributed by atoms with Crippen LogP contribution in [0, 0.1) is 17.1 Å². The minimum absolute atomic E-state index is 0.00830. The number of hydrogen-bond donors (Lipinski definition) is 0. The van der Waals surface area contributed by atoms with Crippen LogP contribution in [0.5, 0.6) is 0 Å². The van der Waals surface area contributed by atoms with E-state index < -0.39 is 5.82 Å². The number of carbonyl (C=O) groups is 1. The Bertz CT molecular complexity index is 1350. The summed E-state index contributed by atoms with van der Waals surface area (Å²) in [5, 5.41) is 8.94. The number of benzene rings is 2. The van der Waals surface area contributed by atoms with Crippen molar-refractivity contribution in [1.29, 1.82) is 5.26 Å². The molecule has 6 nitrogen and oxygen atoms in total. The molecule has 0 saturated carbocycles. The van der Waals surface area contributed by atoms with E-state index in [9.17, 15) is 9.18 Å². The van der Waals surface area contributed by atoms with Crippen LogP contribution in [0.25, 0.3) is 16.7 Å². The summed E-state index contributed by atoms with van der Waals surface area (Å²) in [7, 11) is 0. The van der Waals surface area contributed by atoms with E-state index in [4.69, 9.17) is 14.7 Å². The molecule has 1 amide bonds. The maximum absolute atomic E-state index is 14.1. The number of amides is 1. The Labute approximate surface area is 202 Å². The van der Waals surface area contributed by atoms with Crippen LogP contribution in [0.4, 0.5) is 9.18 Å². The molecule has 2 bridgehead atoms. The summed E-state index contributed by atoms with van der Waals surface area (Å²) in [6.07, 6.45) is 3.55. The highest BCUT2D eigenvalue weighted by molar-refractivity contribution is 5.79. The number of halogens is 1. The fourth-order valence-corrected chi connectivity index (χ4v) is 5.46. The van der Waals surface area contributed by atoms with Crippen LogP contribution in [0.2, 0.25) is 0 Å². The molecule has 174 valence electrons. The molecule has 0 spiro atoms. The minimum atomic E-state index is -0.647. The van der Waals surface area contributed by atoms with Crippen LogP contribution in [0.3, 0.4) is 0 Å². The second-order valence-corrected chi connectivity index (χ2v) is 9.03. The van der Waals surface area contributed by atoms with E-state index in [0.717, 1.165) is 5.57 Å². The van der Waals surface area contributed by atoms with Gasteiger partial charge in [0, 0.05) is 12.1 Å². The van der Waals surface area contributed by atoms with Gasteiger partial charge in [-0.3, -0.25) is 4.90 Å². The molecule has 1 aromatic heterocycles. The Balaban J connectivity index is 1.22. The van der Waals surface area contributed by atoms with E-state index in [1.807, 2.05) is 30.3 Å². The minimum Gasteiger partial charge on any atom is -0.448 e. The third-order valence-electron chi connectivity index (χ3n) is 7.06. The molecule has 0 N–H and O–H groups in total. The van der Waals surface area contributed by atoms with Crippen LogP contribution in [0.15, 0.2) is 66.9 Å². The van der Waals surface area contributed by atoms with Crippen LogP contribution in [-0.4, -0.2) is 47.9 Å². The molecule has 2 unspecified atom stereocenters. The van der Waals surface area contributed by atoms with Crippen LogP contribution in [0.1, 0.15) is 34.7 Å². The molecule has 2 aromatic carbocycles. The van der Waals surface area contributed by atoms with Crippen molar-refractivity contribution in [3.63, 3.8) is 0 Å². The standard InChI is InChI=1S/C28H22FN3O3/c29-26-11-18(13-31-27(26)12-30)17-9-19-14-34-15-20(10-17)32(19)28(33)35-16-25-23-7-3-1-5-21(23)22-6-2-4-8-24(22)25/h1-9,11,13,19-20,25H,10,14-16H2. The number of aromatic nitrogens is 1. The smallest absolute Gasteiger partial charge is 0.410 e. The first-order valence-electron chi connectivity index (χ1n) is 11.6. The second kappa shape index (κ2) is 8.64. The van der Waals surface area contributed by atoms with Gasteiger partial charge in [0.05, 0.1) is 25.3 Å². The molecule has 7 heteroatoms. The summed E-state index contributed by atoms with van der Waals surface area (Å²) >= 11 is 0. The quantitative estimate of drug-likeness (QED) is 0.548. The van der Waals surface area contributed by atoms with Gasteiger partial charge in [-0.15, -0.1) is 0 Å².